The summed E-state index contributed by atoms with van der Waals surface area (Å²) in [4.78, 5) is 12.9. The van der Waals surface area contributed by atoms with Gasteiger partial charge < -0.3 is 0 Å². The number of aryl methyl sites for hydroxylation is 3. The van der Waals surface area contributed by atoms with Crippen molar-refractivity contribution >= 4 is 11.7 Å². The topological polar surface area (TPSA) is 58.4 Å². The molecule has 0 unspecified atom stereocenters. The first-order chi connectivity index (χ1) is 6.97. The van der Waals surface area contributed by atoms with Gasteiger partial charge in [-0.1, -0.05) is 6.07 Å². The Hall–Kier alpha value is -1.55. The second-order valence-corrected chi connectivity index (χ2v) is 3.73. The molecule has 0 aliphatic carbocycles. The van der Waals surface area contributed by atoms with Crippen LogP contribution in [0.2, 0.25) is 0 Å². The molecule has 1 aromatic rings. The number of anilines is 1. The van der Waals surface area contributed by atoms with Crippen LogP contribution in [0, 0.1) is 20.8 Å². The normalized spacial score (nSPS) is 9.93. The highest BCUT2D eigenvalue weighted by molar-refractivity contribution is 5.91. The van der Waals surface area contributed by atoms with Gasteiger partial charge in [-0.2, -0.15) is 0 Å². The van der Waals surface area contributed by atoms with Gasteiger partial charge in [0.1, 0.15) is 0 Å². The molecular weight excluding hydrogens is 190 g/mol. The summed E-state index contributed by atoms with van der Waals surface area (Å²) in [7, 11) is 1.69. The van der Waals surface area contributed by atoms with E-state index >= 15 is 0 Å². The van der Waals surface area contributed by atoms with Crippen LogP contribution in [-0.2, 0) is 0 Å². The van der Waals surface area contributed by atoms with E-state index in [0.29, 0.717) is 0 Å². The Labute approximate surface area is 90.0 Å². The molecule has 15 heavy (non-hydrogen) atoms. The van der Waals surface area contributed by atoms with Crippen LogP contribution in [0.15, 0.2) is 12.1 Å². The van der Waals surface area contributed by atoms with Crippen LogP contribution in [0.25, 0.3) is 0 Å². The predicted molar refractivity (Wildman–Crippen MR) is 61.8 cm³/mol. The van der Waals surface area contributed by atoms with Gasteiger partial charge in [0.05, 0.1) is 0 Å². The minimum atomic E-state index is -0.318. The summed E-state index contributed by atoms with van der Waals surface area (Å²) in [6.45, 7) is 6.05. The summed E-state index contributed by atoms with van der Waals surface area (Å²) in [6, 6.07) is 3.73. The molecule has 0 fully saturated rings. The fraction of sp³-hybridized carbons (Fsp3) is 0.364. The van der Waals surface area contributed by atoms with Crippen LogP contribution < -0.4 is 16.2 Å². The molecule has 0 aliphatic heterocycles. The highest BCUT2D eigenvalue weighted by Crippen LogP contribution is 2.22. The first-order valence-corrected chi connectivity index (χ1v) is 4.79. The molecule has 0 heterocycles. The fourth-order valence-corrected chi connectivity index (χ4v) is 1.51. The first-order valence-electron chi connectivity index (χ1n) is 4.79. The van der Waals surface area contributed by atoms with Crippen LogP contribution in [-0.4, -0.2) is 13.1 Å². The SMILES string of the molecule is Cc1cc(C)c(N(C)C(=O)NN)cc1C. The van der Waals surface area contributed by atoms with Gasteiger partial charge in [-0.05, 0) is 43.5 Å². The molecule has 0 aliphatic rings. The van der Waals surface area contributed by atoms with Crippen LogP contribution in [0.5, 0.6) is 0 Å². The van der Waals surface area contributed by atoms with Crippen LogP contribution in [0.4, 0.5) is 10.5 Å². The zero-order chi connectivity index (χ0) is 11.6. The molecule has 3 N–H and O–H groups in total. The monoisotopic (exact) mass is 207 g/mol. The van der Waals surface area contributed by atoms with E-state index in [1.54, 1.807) is 7.05 Å². The largest absolute Gasteiger partial charge is 0.335 e. The van der Waals surface area contributed by atoms with Crippen molar-refractivity contribution in [1.82, 2.24) is 5.43 Å². The summed E-state index contributed by atoms with van der Waals surface area (Å²) in [5.74, 6) is 5.09. The average Bonchev–Trinajstić information content (AvgIpc) is 2.21. The van der Waals surface area contributed by atoms with Gasteiger partial charge in [-0.3, -0.25) is 10.3 Å². The Morgan fingerprint density at radius 2 is 1.73 bits per heavy atom. The maximum Gasteiger partial charge on any atom is 0.335 e. The third-order valence-corrected chi connectivity index (χ3v) is 2.60. The number of nitrogens with two attached hydrogens (primary N) is 1. The van der Waals surface area contributed by atoms with E-state index in [9.17, 15) is 4.79 Å². The maximum absolute atomic E-state index is 11.4. The molecular formula is C11H17N3O. The van der Waals surface area contributed by atoms with E-state index in [0.717, 1.165) is 16.8 Å². The first kappa shape index (κ1) is 11.5. The summed E-state index contributed by atoms with van der Waals surface area (Å²) in [5, 5.41) is 0. The second-order valence-electron chi connectivity index (χ2n) is 3.73. The lowest BCUT2D eigenvalue weighted by Gasteiger charge is -2.20. The molecule has 0 bridgehead atoms. The average molecular weight is 207 g/mol. The van der Waals surface area contributed by atoms with Crippen LogP contribution in [0.3, 0.4) is 0 Å². The highest BCUT2D eigenvalue weighted by atomic mass is 16.2. The van der Waals surface area contributed by atoms with Crippen molar-refractivity contribution in [1.29, 1.82) is 0 Å². The molecule has 1 aromatic carbocycles. The van der Waals surface area contributed by atoms with Gasteiger partial charge in [-0.15, -0.1) is 0 Å². The van der Waals surface area contributed by atoms with Crippen molar-refractivity contribution in [2.75, 3.05) is 11.9 Å². The third kappa shape index (κ3) is 2.27. The number of carbonyl (C=O) groups excluding carboxylic acids is 1. The number of nitrogens with one attached hydrogen (secondary N) is 1. The molecule has 0 spiro atoms. The lowest BCUT2D eigenvalue weighted by atomic mass is 10.0. The summed E-state index contributed by atoms with van der Waals surface area (Å²) in [6.07, 6.45) is 0. The number of hydrazine groups is 1. The number of rotatable bonds is 1. The van der Waals surface area contributed by atoms with Gasteiger partial charge in [0, 0.05) is 12.7 Å². The van der Waals surface area contributed by atoms with Gasteiger partial charge in [0.25, 0.3) is 0 Å². The Balaban J connectivity index is 3.14. The van der Waals surface area contributed by atoms with Crippen molar-refractivity contribution in [3.05, 3.63) is 28.8 Å². The van der Waals surface area contributed by atoms with E-state index in [1.165, 1.54) is 10.5 Å². The molecule has 4 heteroatoms. The third-order valence-electron chi connectivity index (χ3n) is 2.60. The molecule has 0 saturated carbocycles. The predicted octanol–water partition coefficient (Wildman–Crippen LogP) is 1.63. The van der Waals surface area contributed by atoms with Crippen molar-refractivity contribution in [3.8, 4) is 0 Å². The quantitative estimate of drug-likeness (QED) is 0.418. The van der Waals surface area contributed by atoms with Gasteiger partial charge in [0.2, 0.25) is 0 Å². The number of amides is 2. The number of hydrogen-bond acceptors (Lipinski definition) is 2. The minimum absolute atomic E-state index is 0.318. The zero-order valence-corrected chi connectivity index (χ0v) is 9.59. The fourth-order valence-electron chi connectivity index (χ4n) is 1.51. The molecule has 0 saturated heterocycles. The molecule has 1 rings (SSSR count). The van der Waals surface area contributed by atoms with E-state index in [-0.39, 0.29) is 6.03 Å². The molecule has 4 nitrogen and oxygen atoms in total. The van der Waals surface area contributed by atoms with Crippen molar-refractivity contribution in [2.24, 2.45) is 5.84 Å². The zero-order valence-electron chi connectivity index (χ0n) is 9.59. The minimum Gasteiger partial charge on any atom is -0.296 e. The smallest absolute Gasteiger partial charge is 0.296 e. The summed E-state index contributed by atoms with van der Waals surface area (Å²) < 4.78 is 0. The van der Waals surface area contributed by atoms with E-state index in [2.05, 4.69) is 18.4 Å². The van der Waals surface area contributed by atoms with Gasteiger partial charge >= 0.3 is 6.03 Å². The lowest BCUT2D eigenvalue weighted by molar-refractivity contribution is 0.247. The summed E-state index contributed by atoms with van der Waals surface area (Å²) in [5.41, 5.74) is 6.43. The van der Waals surface area contributed by atoms with Crippen LogP contribution >= 0.6 is 0 Å². The Morgan fingerprint density at radius 1 is 1.20 bits per heavy atom. The van der Waals surface area contributed by atoms with Gasteiger partial charge in [-0.25, -0.2) is 10.6 Å². The number of hydrogen-bond donors (Lipinski definition) is 2. The Kier molecular flexibility index (Phi) is 3.31. The number of urea groups is 1. The van der Waals surface area contributed by atoms with Crippen LogP contribution in [0.1, 0.15) is 16.7 Å². The van der Waals surface area contributed by atoms with E-state index in [4.69, 9.17) is 5.84 Å². The number of nitrogens with zero attached hydrogens (tertiary/aromatic N) is 1. The van der Waals surface area contributed by atoms with Crippen molar-refractivity contribution < 1.29 is 4.79 Å². The molecule has 0 radical (unpaired) electrons. The molecule has 82 valence electrons. The van der Waals surface area contributed by atoms with Gasteiger partial charge in [0.15, 0.2) is 0 Å². The number of carbonyl (C=O) groups is 1. The summed E-state index contributed by atoms with van der Waals surface area (Å²) >= 11 is 0. The molecule has 0 atom stereocenters. The Morgan fingerprint density at radius 3 is 2.27 bits per heavy atom. The standard InChI is InChI=1S/C11H17N3O/c1-7-5-9(3)10(6-8(7)2)14(4)11(15)13-12/h5-6H,12H2,1-4H3,(H,13,15). The highest BCUT2D eigenvalue weighted by Gasteiger charge is 2.12. The maximum atomic E-state index is 11.4. The molecule has 2 amide bonds. The second kappa shape index (κ2) is 4.31. The molecule has 0 aromatic heterocycles. The van der Waals surface area contributed by atoms with E-state index < -0.39 is 0 Å². The van der Waals surface area contributed by atoms with Crippen molar-refractivity contribution in [3.63, 3.8) is 0 Å². The van der Waals surface area contributed by atoms with E-state index in [1.807, 2.05) is 19.9 Å². The lowest BCUT2D eigenvalue weighted by Crippen LogP contribution is -2.41. The number of benzene rings is 1. The van der Waals surface area contributed by atoms with Crippen molar-refractivity contribution in [2.45, 2.75) is 20.8 Å². The Bertz CT molecular complexity index is 388.